The van der Waals surface area contributed by atoms with Gasteiger partial charge in [0.25, 0.3) is 0 Å². The fourth-order valence-electron chi connectivity index (χ4n) is 3.61. The first-order valence-electron chi connectivity index (χ1n) is 10.9. The minimum absolute atomic E-state index is 0.108. The molecule has 176 valence electrons. The maximum Gasteiger partial charge on any atom is 0.229 e. The van der Waals surface area contributed by atoms with Crippen molar-refractivity contribution < 1.29 is 17.9 Å². The number of aryl methyl sites for hydroxylation is 1. The number of methoxy groups -OCH3 is 1. The topological polar surface area (TPSA) is 76.6 Å². The van der Waals surface area contributed by atoms with Crippen LogP contribution in [-0.2, 0) is 21.2 Å². The van der Waals surface area contributed by atoms with Gasteiger partial charge in [-0.15, -0.1) is 0 Å². The van der Waals surface area contributed by atoms with Gasteiger partial charge in [-0.3, -0.25) is 9.69 Å². The molecule has 0 aliphatic carbocycles. The van der Waals surface area contributed by atoms with Gasteiger partial charge in [-0.05, 0) is 60.9 Å². The van der Waals surface area contributed by atoms with Crippen molar-refractivity contribution in [1.29, 1.82) is 0 Å². The van der Waals surface area contributed by atoms with E-state index in [1.807, 2.05) is 49.4 Å². The summed E-state index contributed by atoms with van der Waals surface area (Å²) in [6, 6.07) is 22.0. The standard InChI is InChI=1S/C26H26N2O4S2/c1-19-10-15-23-24(17-19)33-26(27-23)28(18-20-7-4-3-5-8-20)25(29)9-6-16-34(30,31)22-13-11-21(32-2)12-14-22/h3-5,7-8,10-15,17H,6,9,16,18H2,1-2H3. The minimum atomic E-state index is -3.49. The zero-order valence-electron chi connectivity index (χ0n) is 19.1. The molecule has 3 aromatic carbocycles. The Labute approximate surface area is 203 Å². The number of aromatic nitrogens is 1. The molecule has 1 heterocycles. The van der Waals surface area contributed by atoms with E-state index in [1.165, 1.54) is 30.6 Å². The summed E-state index contributed by atoms with van der Waals surface area (Å²) < 4.78 is 31.5. The Bertz CT molecular complexity index is 1380. The van der Waals surface area contributed by atoms with Gasteiger partial charge in [0, 0.05) is 6.42 Å². The second-order valence-corrected chi connectivity index (χ2v) is 11.1. The normalized spacial score (nSPS) is 11.5. The molecule has 1 aromatic heterocycles. The maximum atomic E-state index is 13.3. The molecule has 6 nitrogen and oxygen atoms in total. The third-order valence-electron chi connectivity index (χ3n) is 5.47. The Morgan fingerprint density at radius 1 is 1.03 bits per heavy atom. The van der Waals surface area contributed by atoms with Crippen molar-refractivity contribution in [3.63, 3.8) is 0 Å². The number of carbonyl (C=O) groups is 1. The summed E-state index contributed by atoms with van der Waals surface area (Å²) in [7, 11) is -1.96. The van der Waals surface area contributed by atoms with Crippen LogP contribution >= 0.6 is 11.3 Å². The van der Waals surface area contributed by atoms with Crippen LogP contribution in [0.1, 0.15) is 24.0 Å². The van der Waals surface area contributed by atoms with Crippen molar-refractivity contribution in [1.82, 2.24) is 4.98 Å². The first-order chi connectivity index (χ1) is 16.4. The number of benzene rings is 3. The van der Waals surface area contributed by atoms with Crippen molar-refractivity contribution in [2.45, 2.75) is 31.2 Å². The summed E-state index contributed by atoms with van der Waals surface area (Å²) in [5.74, 6) is 0.338. The molecular formula is C26H26N2O4S2. The molecule has 0 aliphatic rings. The second kappa shape index (κ2) is 10.4. The van der Waals surface area contributed by atoms with Gasteiger partial charge in [0.2, 0.25) is 5.91 Å². The minimum Gasteiger partial charge on any atom is -0.497 e. The van der Waals surface area contributed by atoms with Crippen molar-refractivity contribution in [2.75, 3.05) is 17.8 Å². The van der Waals surface area contributed by atoms with Gasteiger partial charge in [0.05, 0.1) is 34.5 Å². The largest absolute Gasteiger partial charge is 0.497 e. The first kappa shape index (κ1) is 23.9. The van der Waals surface area contributed by atoms with E-state index in [4.69, 9.17) is 4.74 Å². The number of carbonyl (C=O) groups excluding carboxylic acids is 1. The van der Waals surface area contributed by atoms with Crippen LogP contribution in [0, 0.1) is 6.92 Å². The smallest absolute Gasteiger partial charge is 0.229 e. The van der Waals surface area contributed by atoms with Crippen molar-refractivity contribution in [3.05, 3.63) is 83.9 Å². The zero-order valence-corrected chi connectivity index (χ0v) is 20.7. The van der Waals surface area contributed by atoms with Crippen LogP contribution in [-0.4, -0.2) is 32.2 Å². The highest BCUT2D eigenvalue weighted by molar-refractivity contribution is 7.91. The van der Waals surface area contributed by atoms with Crippen LogP contribution in [0.3, 0.4) is 0 Å². The highest BCUT2D eigenvalue weighted by Gasteiger charge is 2.22. The number of ether oxygens (including phenoxy) is 1. The first-order valence-corrected chi connectivity index (χ1v) is 13.4. The van der Waals surface area contributed by atoms with E-state index in [0.29, 0.717) is 17.4 Å². The van der Waals surface area contributed by atoms with E-state index in [0.717, 1.165) is 21.3 Å². The lowest BCUT2D eigenvalue weighted by atomic mass is 10.2. The van der Waals surface area contributed by atoms with Crippen LogP contribution in [0.25, 0.3) is 10.2 Å². The Kier molecular flexibility index (Phi) is 7.29. The third kappa shape index (κ3) is 5.63. The molecule has 0 saturated carbocycles. The Hall–Kier alpha value is -3.23. The second-order valence-electron chi connectivity index (χ2n) is 8.03. The van der Waals surface area contributed by atoms with E-state index >= 15 is 0 Å². The number of nitrogens with zero attached hydrogens (tertiary/aromatic N) is 2. The average Bonchev–Trinajstić information content (AvgIpc) is 3.25. The number of hydrogen-bond donors (Lipinski definition) is 0. The van der Waals surface area contributed by atoms with Gasteiger partial charge < -0.3 is 4.74 Å². The Morgan fingerprint density at radius 2 is 1.76 bits per heavy atom. The van der Waals surface area contributed by atoms with Gasteiger partial charge in [-0.1, -0.05) is 47.7 Å². The van der Waals surface area contributed by atoms with Gasteiger partial charge in [-0.25, -0.2) is 13.4 Å². The molecule has 0 saturated heterocycles. The number of fused-ring (bicyclic) bond motifs is 1. The zero-order chi connectivity index (χ0) is 24.1. The maximum absolute atomic E-state index is 13.3. The predicted octanol–water partition coefficient (Wildman–Crippen LogP) is 5.40. The number of amides is 1. The summed E-state index contributed by atoms with van der Waals surface area (Å²) in [5, 5.41) is 0.618. The SMILES string of the molecule is COc1ccc(S(=O)(=O)CCCC(=O)N(Cc2ccccc2)c2nc3ccc(C)cc3s2)cc1. The van der Waals surface area contributed by atoms with Crippen LogP contribution in [0.2, 0.25) is 0 Å². The lowest BCUT2D eigenvalue weighted by Gasteiger charge is -2.20. The van der Waals surface area contributed by atoms with Crippen molar-refractivity contribution in [2.24, 2.45) is 0 Å². The molecule has 0 unspecified atom stereocenters. The molecule has 0 N–H and O–H groups in total. The molecule has 0 spiro atoms. The van der Waals surface area contributed by atoms with E-state index in [2.05, 4.69) is 11.1 Å². The highest BCUT2D eigenvalue weighted by atomic mass is 32.2. The molecule has 34 heavy (non-hydrogen) atoms. The monoisotopic (exact) mass is 494 g/mol. The number of anilines is 1. The summed E-state index contributed by atoms with van der Waals surface area (Å²) in [5.41, 5.74) is 2.96. The lowest BCUT2D eigenvalue weighted by molar-refractivity contribution is -0.118. The van der Waals surface area contributed by atoms with Gasteiger partial charge in [0.1, 0.15) is 5.75 Å². The fraction of sp³-hybridized carbons (Fsp3) is 0.231. The predicted molar refractivity (Wildman–Crippen MR) is 136 cm³/mol. The lowest BCUT2D eigenvalue weighted by Crippen LogP contribution is -2.30. The van der Waals surface area contributed by atoms with E-state index in [9.17, 15) is 13.2 Å². The summed E-state index contributed by atoms with van der Waals surface area (Å²) in [6.45, 7) is 2.40. The summed E-state index contributed by atoms with van der Waals surface area (Å²) in [6.07, 6.45) is 0.333. The average molecular weight is 495 g/mol. The van der Waals surface area contributed by atoms with Crippen LogP contribution in [0.15, 0.2) is 77.7 Å². The van der Waals surface area contributed by atoms with Gasteiger partial charge in [0.15, 0.2) is 15.0 Å². The molecule has 0 atom stereocenters. The number of hydrogen-bond acceptors (Lipinski definition) is 6. The fourth-order valence-corrected chi connectivity index (χ4v) is 6.00. The summed E-state index contributed by atoms with van der Waals surface area (Å²) in [4.78, 5) is 19.9. The number of thiazole rings is 1. The number of rotatable bonds is 9. The molecule has 0 bridgehead atoms. The molecule has 4 aromatic rings. The van der Waals surface area contributed by atoms with Gasteiger partial charge >= 0.3 is 0 Å². The summed E-state index contributed by atoms with van der Waals surface area (Å²) >= 11 is 1.47. The quantitative estimate of drug-likeness (QED) is 0.311. The van der Waals surface area contributed by atoms with Crippen LogP contribution in [0.4, 0.5) is 5.13 Å². The Balaban J connectivity index is 1.50. The molecule has 4 rings (SSSR count). The Morgan fingerprint density at radius 3 is 2.47 bits per heavy atom. The van der Waals surface area contributed by atoms with E-state index < -0.39 is 9.84 Å². The molecule has 0 fully saturated rings. The highest BCUT2D eigenvalue weighted by Crippen LogP contribution is 2.31. The molecule has 1 amide bonds. The van der Waals surface area contributed by atoms with Gasteiger partial charge in [-0.2, -0.15) is 0 Å². The molecular weight excluding hydrogens is 468 g/mol. The number of sulfone groups is 1. The van der Waals surface area contributed by atoms with Crippen molar-refractivity contribution in [3.8, 4) is 5.75 Å². The molecule has 0 radical (unpaired) electrons. The van der Waals surface area contributed by atoms with Crippen LogP contribution in [0.5, 0.6) is 5.75 Å². The van der Waals surface area contributed by atoms with E-state index in [-0.39, 0.29) is 29.4 Å². The third-order valence-corrected chi connectivity index (χ3v) is 8.33. The molecule has 0 aliphatic heterocycles. The van der Waals surface area contributed by atoms with Crippen LogP contribution < -0.4 is 9.64 Å². The van der Waals surface area contributed by atoms with Crippen molar-refractivity contribution >= 4 is 42.4 Å². The van der Waals surface area contributed by atoms with E-state index in [1.54, 1.807) is 17.0 Å². The molecule has 8 heteroatoms.